The van der Waals surface area contributed by atoms with Gasteiger partial charge in [0.1, 0.15) is 4.88 Å². The zero-order valence-corrected chi connectivity index (χ0v) is 11.9. The van der Waals surface area contributed by atoms with E-state index in [1.807, 2.05) is 6.92 Å². The molecule has 0 bridgehead atoms. The first-order chi connectivity index (χ1) is 9.51. The maximum Gasteiger partial charge on any atom is 0.345 e. The van der Waals surface area contributed by atoms with E-state index in [-0.39, 0.29) is 5.75 Å². The highest BCUT2D eigenvalue weighted by molar-refractivity contribution is 7.14. The van der Waals surface area contributed by atoms with Gasteiger partial charge in [-0.15, -0.1) is 11.3 Å². The molecule has 1 aromatic heterocycles. The zero-order valence-electron chi connectivity index (χ0n) is 11.1. The maximum atomic E-state index is 13.3. The third-order valence-corrected chi connectivity index (χ3v) is 3.95. The number of hydrogen-bond donors (Lipinski definition) is 2. The van der Waals surface area contributed by atoms with Crippen LogP contribution in [0.1, 0.15) is 20.1 Å². The Labute approximate surface area is 119 Å². The van der Waals surface area contributed by atoms with Crippen LogP contribution >= 0.6 is 11.3 Å². The van der Waals surface area contributed by atoms with Gasteiger partial charge in [0.2, 0.25) is 0 Å². The molecule has 6 heteroatoms. The van der Waals surface area contributed by atoms with Crippen LogP contribution in [-0.2, 0) is 6.54 Å². The molecule has 2 rings (SSSR count). The highest BCUT2D eigenvalue weighted by atomic mass is 32.1. The van der Waals surface area contributed by atoms with Crippen LogP contribution in [0, 0.1) is 12.7 Å². The molecule has 0 aliphatic carbocycles. The molecule has 0 radical (unpaired) electrons. The van der Waals surface area contributed by atoms with Crippen molar-refractivity contribution in [2.45, 2.75) is 13.5 Å². The molecule has 0 amide bonds. The van der Waals surface area contributed by atoms with E-state index in [9.17, 15) is 9.18 Å². The number of aryl methyl sites for hydroxylation is 1. The van der Waals surface area contributed by atoms with E-state index in [2.05, 4.69) is 5.32 Å². The molecule has 1 heterocycles. The van der Waals surface area contributed by atoms with Crippen molar-refractivity contribution in [3.05, 3.63) is 45.4 Å². The van der Waals surface area contributed by atoms with E-state index in [0.717, 1.165) is 10.4 Å². The second kappa shape index (κ2) is 5.92. The van der Waals surface area contributed by atoms with Crippen molar-refractivity contribution < 1.29 is 19.0 Å². The van der Waals surface area contributed by atoms with Crippen LogP contribution in [0.3, 0.4) is 0 Å². The van der Waals surface area contributed by atoms with Gasteiger partial charge in [-0.05, 0) is 30.7 Å². The normalized spacial score (nSPS) is 10.3. The van der Waals surface area contributed by atoms with Gasteiger partial charge >= 0.3 is 5.97 Å². The van der Waals surface area contributed by atoms with E-state index in [4.69, 9.17) is 9.84 Å². The fraction of sp³-hybridized carbons (Fsp3) is 0.214. The fourth-order valence-corrected chi connectivity index (χ4v) is 2.65. The van der Waals surface area contributed by atoms with Crippen molar-refractivity contribution in [2.75, 3.05) is 12.4 Å². The van der Waals surface area contributed by atoms with E-state index >= 15 is 0 Å². The van der Waals surface area contributed by atoms with Gasteiger partial charge in [0, 0.05) is 23.2 Å². The van der Waals surface area contributed by atoms with Gasteiger partial charge in [-0.25, -0.2) is 9.18 Å². The Balaban J connectivity index is 2.10. The van der Waals surface area contributed by atoms with Gasteiger partial charge < -0.3 is 15.2 Å². The molecule has 2 aromatic rings. The number of hydrogen-bond acceptors (Lipinski definition) is 4. The average Bonchev–Trinajstić information content (AvgIpc) is 2.79. The van der Waals surface area contributed by atoms with Crippen LogP contribution in [0.5, 0.6) is 5.75 Å². The number of carboxylic acids is 1. The second-order valence-electron chi connectivity index (χ2n) is 4.20. The Kier molecular flexibility index (Phi) is 4.24. The molecule has 0 aliphatic heterocycles. The minimum atomic E-state index is -0.923. The molecule has 0 unspecified atom stereocenters. The van der Waals surface area contributed by atoms with Crippen LogP contribution in [0.4, 0.5) is 10.1 Å². The SMILES string of the molecule is COc1cc(NCc2cc(C(=O)O)sc2C)ccc1F. The maximum absolute atomic E-state index is 13.3. The summed E-state index contributed by atoms with van der Waals surface area (Å²) >= 11 is 1.24. The van der Waals surface area contributed by atoms with Gasteiger partial charge in [-0.2, -0.15) is 0 Å². The molecule has 106 valence electrons. The Morgan fingerprint density at radius 2 is 2.20 bits per heavy atom. The first-order valence-corrected chi connectivity index (χ1v) is 6.73. The lowest BCUT2D eigenvalue weighted by Gasteiger charge is -2.08. The van der Waals surface area contributed by atoms with Crippen LogP contribution in [0.25, 0.3) is 0 Å². The standard InChI is InChI=1S/C14H14FNO3S/c1-8-9(5-13(20-8)14(17)18)7-16-10-3-4-11(15)12(6-10)19-2/h3-6,16H,7H2,1-2H3,(H,17,18). The largest absolute Gasteiger partial charge is 0.494 e. The quantitative estimate of drug-likeness (QED) is 0.886. The van der Waals surface area contributed by atoms with Gasteiger partial charge in [-0.1, -0.05) is 0 Å². The lowest BCUT2D eigenvalue weighted by atomic mass is 10.2. The number of benzene rings is 1. The highest BCUT2D eigenvalue weighted by Crippen LogP contribution is 2.25. The number of anilines is 1. The van der Waals surface area contributed by atoms with Crippen LogP contribution < -0.4 is 10.1 Å². The molecular weight excluding hydrogens is 281 g/mol. The fourth-order valence-electron chi connectivity index (χ4n) is 1.77. The summed E-state index contributed by atoms with van der Waals surface area (Å²) in [7, 11) is 1.41. The summed E-state index contributed by atoms with van der Waals surface area (Å²) in [4.78, 5) is 12.2. The molecule has 4 nitrogen and oxygen atoms in total. The van der Waals surface area contributed by atoms with E-state index in [0.29, 0.717) is 17.1 Å². The molecule has 0 fully saturated rings. The number of carbonyl (C=O) groups is 1. The second-order valence-corrected chi connectivity index (χ2v) is 5.46. The first-order valence-electron chi connectivity index (χ1n) is 5.91. The number of aromatic carboxylic acids is 1. The summed E-state index contributed by atoms with van der Waals surface area (Å²) in [6.07, 6.45) is 0. The Morgan fingerprint density at radius 3 is 2.80 bits per heavy atom. The molecule has 0 saturated heterocycles. The minimum Gasteiger partial charge on any atom is -0.494 e. The van der Waals surface area contributed by atoms with Crippen molar-refractivity contribution in [3.63, 3.8) is 0 Å². The molecule has 1 aromatic carbocycles. The zero-order chi connectivity index (χ0) is 14.7. The van der Waals surface area contributed by atoms with E-state index in [1.54, 1.807) is 18.2 Å². The number of halogens is 1. The van der Waals surface area contributed by atoms with Gasteiger partial charge in [0.15, 0.2) is 11.6 Å². The summed E-state index contributed by atoms with van der Waals surface area (Å²) in [5.41, 5.74) is 1.63. The summed E-state index contributed by atoms with van der Waals surface area (Å²) in [6, 6.07) is 6.15. The van der Waals surface area contributed by atoms with Crippen LogP contribution in [0.2, 0.25) is 0 Å². The van der Waals surface area contributed by atoms with Crippen molar-refractivity contribution in [1.29, 1.82) is 0 Å². The smallest absolute Gasteiger partial charge is 0.345 e. The molecule has 0 atom stereocenters. The number of carboxylic acid groups (broad SMARTS) is 1. The molecular formula is C14H14FNO3S. The Bertz CT molecular complexity index is 639. The number of ether oxygens (including phenoxy) is 1. The van der Waals surface area contributed by atoms with Crippen molar-refractivity contribution >= 4 is 23.0 Å². The van der Waals surface area contributed by atoms with E-state index in [1.165, 1.54) is 24.5 Å². The number of nitrogens with one attached hydrogen (secondary N) is 1. The third-order valence-electron chi connectivity index (χ3n) is 2.87. The molecule has 2 N–H and O–H groups in total. The summed E-state index contributed by atoms with van der Waals surface area (Å²) in [5, 5.41) is 12.1. The topological polar surface area (TPSA) is 58.6 Å². The number of thiophene rings is 1. The van der Waals surface area contributed by atoms with Gasteiger partial charge in [0.25, 0.3) is 0 Å². The van der Waals surface area contributed by atoms with Crippen LogP contribution in [-0.4, -0.2) is 18.2 Å². The molecule has 20 heavy (non-hydrogen) atoms. The minimum absolute atomic E-state index is 0.170. The predicted octanol–water partition coefficient (Wildman–Crippen LogP) is 3.51. The van der Waals surface area contributed by atoms with Gasteiger partial charge in [-0.3, -0.25) is 0 Å². The van der Waals surface area contributed by atoms with Crippen molar-refractivity contribution in [2.24, 2.45) is 0 Å². The van der Waals surface area contributed by atoms with Gasteiger partial charge in [0.05, 0.1) is 7.11 Å². The molecule has 0 saturated carbocycles. The number of methoxy groups -OCH3 is 1. The molecule has 0 spiro atoms. The summed E-state index contributed by atoms with van der Waals surface area (Å²) in [5.74, 6) is -1.17. The lowest BCUT2D eigenvalue weighted by molar-refractivity contribution is 0.0702. The summed E-state index contributed by atoms with van der Waals surface area (Å²) < 4.78 is 18.2. The Morgan fingerprint density at radius 1 is 1.45 bits per heavy atom. The third kappa shape index (κ3) is 3.08. The molecule has 0 aliphatic rings. The van der Waals surface area contributed by atoms with Crippen LogP contribution in [0.15, 0.2) is 24.3 Å². The van der Waals surface area contributed by atoms with Crippen molar-refractivity contribution in [1.82, 2.24) is 0 Å². The predicted molar refractivity (Wildman–Crippen MR) is 76.3 cm³/mol. The monoisotopic (exact) mass is 295 g/mol. The van der Waals surface area contributed by atoms with E-state index < -0.39 is 11.8 Å². The summed E-state index contributed by atoms with van der Waals surface area (Å²) in [6.45, 7) is 2.35. The number of rotatable bonds is 5. The lowest BCUT2D eigenvalue weighted by Crippen LogP contribution is -2.00. The first kappa shape index (κ1) is 14.3. The Hall–Kier alpha value is -2.08. The highest BCUT2D eigenvalue weighted by Gasteiger charge is 2.11. The van der Waals surface area contributed by atoms with Crippen molar-refractivity contribution in [3.8, 4) is 5.75 Å². The average molecular weight is 295 g/mol.